The first kappa shape index (κ1) is 9.56. The second-order valence-corrected chi connectivity index (χ2v) is 2.57. The molecule has 2 N–H and O–H groups in total. The fourth-order valence-corrected chi connectivity index (χ4v) is 0.865. The lowest BCUT2D eigenvalue weighted by Gasteiger charge is -1.88. The van der Waals surface area contributed by atoms with Crippen molar-refractivity contribution in [2.45, 2.75) is 6.42 Å². The van der Waals surface area contributed by atoms with Crippen LogP contribution >= 0.6 is 0 Å². The van der Waals surface area contributed by atoms with Gasteiger partial charge in [-0.2, -0.15) is 0 Å². The number of hydrogen-bond donors (Lipinski definition) is 2. The molecule has 0 aromatic carbocycles. The second-order valence-electron chi connectivity index (χ2n) is 2.57. The minimum Gasteiger partial charge on any atom is -0.328 e. The Morgan fingerprint density at radius 3 is 3.15 bits per heavy atom. The van der Waals surface area contributed by atoms with E-state index >= 15 is 0 Å². The maximum Gasteiger partial charge on any atom is 0.263 e. The van der Waals surface area contributed by atoms with Crippen molar-refractivity contribution in [3.05, 3.63) is 34.2 Å². The zero-order chi connectivity index (χ0) is 9.52. The fraction of sp³-hybridized carbons (Fsp3) is 0.300. The molecule has 68 valence electrons. The van der Waals surface area contributed by atoms with Gasteiger partial charge in [0.15, 0.2) is 0 Å². The maximum absolute atomic E-state index is 11.1. The molecule has 0 aliphatic rings. The molecule has 0 unspecified atom stereocenters. The van der Waals surface area contributed by atoms with Crippen LogP contribution in [-0.4, -0.2) is 18.6 Å². The molecule has 0 bridgehead atoms. The molecule has 3 heteroatoms. The monoisotopic (exact) mass is 176 g/mol. The quantitative estimate of drug-likeness (QED) is 0.504. The molecule has 1 heterocycles. The van der Waals surface area contributed by atoms with Gasteiger partial charge >= 0.3 is 0 Å². The van der Waals surface area contributed by atoms with Crippen LogP contribution in [0.3, 0.4) is 0 Å². The summed E-state index contributed by atoms with van der Waals surface area (Å²) in [5.74, 6) is 5.72. The molecule has 13 heavy (non-hydrogen) atoms. The summed E-state index contributed by atoms with van der Waals surface area (Å²) in [6, 6.07) is 3.48. The predicted octanol–water partition coefficient (Wildman–Crippen LogP) is 0.336. The maximum atomic E-state index is 11.1. The SMILES string of the molecule is CNCCC#Cc1ccc[nH]c1=O. The summed E-state index contributed by atoms with van der Waals surface area (Å²) in [6.07, 6.45) is 2.35. The van der Waals surface area contributed by atoms with Crippen molar-refractivity contribution in [2.75, 3.05) is 13.6 Å². The predicted molar refractivity (Wildman–Crippen MR) is 52.5 cm³/mol. The number of pyridine rings is 1. The summed E-state index contributed by atoms with van der Waals surface area (Å²) in [4.78, 5) is 13.7. The molecule has 1 aromatic rings. The Morgan fingerprint density at radius 1 is 1.62 bits per heavy atom. The van der Waals surface area contributed by atoms with Gasteiger partial charge in [0.25, 0.3) is 5.56 Å². The zero-order valence-electron chi connectivity index (χ0n) is 7.55. The van der Waals surface area contributed by atoms with Gasteiger partial charge in [-0.3, -0.25) is 4.79 Å². The Balaban J connectivity index is 2.67. The minimum atomic E-state index is -0.126. The van der Waals surface area contributed by atoms with Gasteiger partial charge in [0.05, 0.1) is 5.56 Å². The van der Waals surface area contributed by atoms with Crippen LogP contribution in [0.5, 0.6) is 0 Å². The highest BCUT2D eigenvalue weighted by Gasteiger charge is 1.89. The molecule has 3 nitrogen and oxygen atoms in total. The highest BCUT2D eigenvalue weighted by atomic mass is 16.1. The first-order chi connectivity index (χ1) is 6.34. The van der Waals surface area contributed by atoms with Crippen LogP contribution < -0.4 is 10.9 Å². The number of nitrogens with one attached hydrogen (secondary N) is 2. The molecule has 0 spiro atoms. The van der Waals surface area contributed by atoms with E-state index in [9.17, 15) is 4.79 Å². The normalized spacial score (nSPS) is 9.00. The van der Waals surface area contributed by atoms with Crippen LogP contribution in [0.2, 0.25) is 0 Å². The summed E-state index contributed by atoms with van der Waals surface area (Å²) in [7, 11) is 1.87. The van der Waals surface area contributed by atoms with Crippen molar-refractivity contribution in [1.82, 2.24) is 10.3 Å². The Morgan fingerprint density at radius 2 is 2.46 bits per heavy atom. The second kappa shape index (κ2) is 5.18. The van der Waals surface area contributed by atoms with Gasteiger partial charge in [-0.1, -0.05) is 11.8 Å². The smallest absolute Gasteiger partial charge is 0.263 e. The van der Waals surface area contributed by atoms with Gasteiger partial charge in [-0.25, -0.2) is 0 Å². The van der Waals surface area contributed by atoms with Gasteiger partial charge in [0.2, 0.25) is 0 Å². The molecule has 0 aliphatic heterocycles. The van der Waals surface area contributed by atoms with Gasteiger partial charge in [-0.05, 0) is 19.2 Å². The molecule has 0 saturated carbocycles. The van der Waals surface area contributed by atoms with Gasteiger partial charge in [-0.15, -0.1) is 0 Å². The largest absolute Gasteiger partial charge is 0.328 e. The average Bonchev–Trinajstić information content (AvgIpc) is 2.15. The third-order valence-electron chi connectivity index (χ3n) is 1.54. The first-order valence-corrected chi connectivity index (χ1v) is 4.16. The fourth-order valence-electron chi connectivity index (χ4n) is 0.865. The molecule has 1 aromatic heterocycles. The Labute approximate surface area is 77.2 Å². The van der Waals surface area contributed by atoms with E-state index in [1.54, 1.807) is 18.3 Å². The van der Waals surface area contributed by atoms with Crippen LogP contribution in [0.15, 0.2) is 23.1 Å². The van der Waals surface area contributed by atoms with E-state index in [0.29, 0.717) is 5.56 Å². The van der Waals surface area contributed by atoms with Crippen LogP contribution in [-0.2, 0) is 0 Å². The highest BCUT2D eigenvalue weighted by molar-refractivity contribution is 5.31. The van der Waals surface area contributed by atoms with Gasteiger partial charge in [0, 0.05) is 19.2 Å². The van der Waals surface area contributed by atoms with Crippen LogP contribution in [0.1, 0.15) is 12.0 Å². The lowest BCUT2D eigenvalue weighted by Crippen LogP contribution is -2.08. The average molecular weight is 176 g/mol. The number of hydrogen-bond acceptors (Lipinski definition) is 2. The number of aromatic nitrogens is 1. The number of H-pyrrole nitrogens is 1. The van der Waals surface area contributed by atoms with Gasteiger partial charge < -0.3 is 10.3 Å². The molecule has 0 atom stereocenters. The number of aromatic amines is 1. The lowest BCUT2D eigenvalue weighted by atomic mass is 10.3. The molecule has 0 aliphatic carbocycles. The van der Waals surface area contributed by atoms with Gasteiger partial charge in [0.1, 0.15) is 0 Å². The van der Waals surface area contributed by atoms with Crippen LogP contribution in [0.4, 0.5) is 0 Å². The summed E-state index contributed by atoms with van der Waals surface area (Å²) in [5.41, 5.74) is 0.401. The van der Waals surface area contributed by atoms with E-state index in [1.807, 2.05) is 7.05 Å². The van der Waals surface area contributed by atoms with Crippen LogP contribution in [0, 0.1) is 11.8 Å². The number of rotatable bonds is 2. The van der Waals surface area contributed by atoms with Crippen molar-refractivity contribution in [2.24, 2.45) is 0 Å². The van der Waals surface area contributed by atoms with Crippen molar-refractivity contribution < 1.29 is 0 Å². The van der Waals surface area contributed by atoms with E-state index in [1.165, 1.54) is 0 Å². The van der Waals surface area contributed by atoms with Crippen molar-refractivity contribution in [1.29, 1.82) is 0 Å². The van der Waals surface area contributed by atoms with Crippen molar-refractivity contribution >= 4 is 0 Å². The minimum absolute atomic E-state index is 0.126. The Kier molecular flexibility index (Phi) is 3.80. The van der Waals surface area contributed by atoms with E-state index in [0.717, 1.165) is 13.0 Å². The third kappa shape index (κ3) is 3.14. The topological polar surface area (TPSA) is 44.9 Å². The molecule has 0 saturated heterocycles. The summed E-state index contributed by atoms with van der Waals surface area (Å²) >= 11 is 0. The summed E-state index contributed by atoms with van der Waals surface area (Å²) < 4.78 is 0. The summed E-state index contributed by atoms with van der Waals surface area (Å²) in [6.45, 7) is 0.845. The van der Waals surface area contributed by atoms with E-state index in [-0.39, 0.29) is 5.56 Å². The van der Waals surface area contributed by atoms with Crippen LogP contribution in [0.25, 0.3) is 0 Å². The highest BCUT2D eigenvalue weighted by Crippen LogP contribution is 1.85. The molecule has 0 fully saturated rings. The Hall–Kier alpha value is -1.53. The zero-order valence-corrected chi connectivity index (χ0v) is 7.55. The first-order valence-electron chi connectivity index (χ1n) is 4.16. The summed E-state index contributed by atoms with van der Waals surface area (Å²) in [5, 5.41) is 2.98. The lowest BCUT2D eigenvalue weighted by molar-refractivity contribution is 0.818. The molecule has 0 radical (unpaired) electrons. The molecular formula is C10H12N2O. The molecule has 0 amide bonds. The van der Waals surface area contributed by atoms with E-state index in [2.05, 4.69) is 22.1 Å². The van der Waals surface area contributed by atoms with E-state index < -0.39 is 0 Å². The third-order valence-corrected chi connectivity index (χ3v) is 1.54. The van der Waals surface area contributed by atoms with Crippen molar-refractivity contribution in [3.8, 4) is 11.8 Å². The van der Waals surface area contributed by atoms with E-state index in [4.69, 9.17) is 0 Å². The van der Waals surface area contributed by atoms with Crippen molar-refractivity contribution in [3.63, 3.8) is 0 Å². The molecule has 1 rings (SSSR count). The Bertz CT molecular complexity index is 370. The molecular weight excluding hydrogens is 164 g/mol. The standard InChI is InChI=1S/C10H12N2O/c1-11-7-3-2-5-9-6-4-8-12-10(9)13/h4,6,8,11H,3,7H2,1H3,(H,12,13).